The standard InChI is InChI=1S/C38H45N5O6/c1-8-22-19(5)28-15-31-23(9-2)18(4)27(40-31)14-29-20(6)24(10-11-33(45)43-35-37(47)36(46)32(16-44)49-38(35)48)34(42-29)21(7)26-12-17(3)25(39-26)13-30(22)41-28/h9,12-15,32,35-38,40-41,44,46-48H,2,8,10-11,16H2,1,3-7H3,(H,43,45)/t32-,35-,36+,37-,38?/m1/s1. The van der Waals surface area contributed by atoms with Gasteiger partial charge >= 0.3 is 0 Å². The lowest BCUT2D eigenvalue weighted by atomic mass is 9.96. The van der Waals surface area contributed by atoms with Gasteiger partial charge in [-0.1, -0.05) is 19.6 Å². The normalized spacial score (nSPS) is 22.3. The first kappa shape index (κ1) is 34.5. The molecule has 1 fully saturated rings. The minimum Gasteiger partial charge on any atom is -0.394 e. The maximum Gasteiger partial charge on any atom is 0.220 e. The molecule has 8 bridgehead atoms. The van der Waals surface area contributed by atoms with Gasteiger partial charge in [-0.25, -0.2) is 9.97 Å². The molecule has 5 atom stereocenters. The Labute approximate surface area is 285 Å². The van der Waals surface area contributed by atoms with Gasteiger partial charge in [-0.05, 0) is 105 Å². The Morgan fingerprint density at radius 1 is 0.939 bits per heavy atom. The molecule has 1 unspecified atom stereocenters. The number of amides is 1. The average Bonchev–Trinajstić information content (AvgIpc) is 3.78. The van der Waals surface area contributed by atoms with Crippen LogP contribution in [0.15, 0.2) is 24.8 Å². The van der Waals surface area contributed by atoms with E-state index in [1.165, 1.54) is 11.1 Å². The van der Waals surface area contributed by atoms with Crippen molar-refractivity contribution >= 4 is 56.8 Å². The summed E-state index contributed by atoms with van der Waals surface area (Å²) in [5.74, 6) is -0.447. The van der Waals surface area contributed by atoms with E-state index < -0.39 is 43.2 Å². The van der Waals surface area contributed by atoms with Gasteiger partial charge in [0.1, 0.15) is 24.4 Å². The molecule has 258 valence electrons. The van der Waals surface area contributed by atoms with Gasteiger partial charge in [0.15, 0.2) is 6.29 Å². The van der Waals surface area contributed by atoms with Gasteiger partial charge in [-0.15, -0.1) is 0 Å². The van der Waals surface area contributed by atoms with Crippen molar-refractivity contribution in [3.05, 3.63) is 75.4 Å². The molecule has 0 radical (unpaired) electrons. The van der Waals surface area contributed by atoms with Crippen LogP contribution in [-0.4, -0.2) is 83.5 Å². The van der Waals surface area contributed by atoms with Crippen LogP contribution in [0, 0.1) is 20.8 Å². The van der Waals surface area contributed by atoms with Gasteiger partial charge in [0.25, 0.3) is 0 Å². The minimum atomic E-state index is -1.59. The van der Waals surface area contributed by atoms with Crippen LogP contribution in [0.5, 0.6) is 0 Å². The minimum absolute atomic E-state index is 0.0174. The quantitative estimate of drug-likeness (QED) is 0.191. The van der Waals surface area contributed by atoms with Crippen LogP contribution < -0.4 is 5.32 Å². The Balaban J connectivity index is 1.47. The summed E-state index contributed by atoms with van der Waals surface area (Å²) >= 11 is 0. The van der Waals surface area contributed by atoms with Crippen molar-refractivity contribution in [2.45, 2.75) is 91.4 Å². The molecule has 6 heterocycles. The molecular formula is C38H45N5O6. The number of ether oxygens (including phenoxy) is 1. The molecule has 0 saturated carbocycles. The van der Waals surface area contributed by atoms with Crippen LogP contribution in [-0.2, 0) is 16.0 Å². The average molecular weight is 668 g/mol. The van der Waals surface area contributed by atoms with Crippen molar-refractivity contribution in [1.82, 2.24) is 25.3 Å². The van der Waals surface area contributed by atoms with Crippen molar-refractivity contribution < 1.29 is 30.0 Å². The number of nitrogens with zero attached hydrogens (tertiary/aromatic N) is 2. The van der Waals surface area contributed by atoms with Gasteiger partial charge in [0.05, 0.1) is 29.4 Å². The summed E-state index contributed by atoms with van der Waals surface area (Å²) < 4.78 is 5.21. The SMILES string of the molecule is C=Cc1c(C)c2cc3nc(c(C)c4nc(cc5[nH]c(cc1[nH]2)c(C)c5CC)C(C)=C4)C(CCC(=O)N[C@H]1C(O)O[C@H](CO)[C@H](O)[C@@H]1O)=C3C. The third kappa shape index (κ3) is 6.17. The second-order valence-electron chi connectivity index (χ2n) is 13.1. The molecule has 11 heteroatoms. The summed E-state index contributed by atoms with van der Waals surface area (Å²) in [4.78, 5) is 30.6. The Kier molecular flexibility index (Phi) is 9.49. The van der Waals surface area contributed by atoms with Crippen molar-refractivity contribution in [2.75, 3.05) is 6.61 Å². The van der Waals surface area contributed by atoms with E-state index in [0.717, 1.165) is 84.7 Å². The van der Waals surface area contributed by atoms with Crippen LogP contribution in [0.25, 0.3) is 50.9 Å². The summed E-state index contributed by atoms with van der Waals surface area (Å²) in [6.07, 6.45) is -0.620. The Morgan fingerprint density at radius 2 is 1.63 bits per heavy atom. The van der Waals surface area contributed by atoms with Crippen LogP contribution in [0.4, 0.5) is 0 Å². The van der Waals surface area contributed by atoms with E-state index in [2.05, 4.69) is 60.8 Å². The fourth-order valence-electron chi connectivity index (χ4n) is 7.09. The lowest BCUT2D eigenvalue weighted by molar-refractivity contribution is -0.253. The highest BCUT2D eigenvalue weighted by Crippen LogP contribution is 2.37. The lowest BCUT2D eigenvalue weighted by Crippen LogP contribution is -2.64. The van der Waals surface area contributed by atoms with Crippen LogP contribution >= 0.6 is 0 Å². The molecule has 11 nitrogen and oxygen atoms in total. The molecule has 0 aromatic carbocycles. The zero-order valence-electron chi connectivity index (χ0n) is 28.8. The zero-order valence-corrected chi connectivity index (χ0v) is 28.8. The number of aromatic amines is 2. The lowest BCUT2D eigenvalue weighted by Gasteiger charge is -2.40. The van der Waals surface area contributed by atoms with E-state index in [1.54, 1.807) is 0 Å². The number of aromatic nitrogens is 4. The summed E-state index contributed by atoms with van der Waals surface area (Å²) in [5, 5.41) is 43.2. The van der Waals surface area contributed by atoms with Gasteiger partial charge in [-0.3, -0.25) is 4.79 Å². The van der Waals surface area contributed by atoms with Gasteiger partial charge < -0.3 is 40.4 Å². The third-order valence-corrected chi connectivity index (χ3v) is 10.1. The highest BCUT2D eigenvalue weighted by atomic mass is 16.6. The van der Waals surface area contributed by atoms with E-state index in [1.807, 2.05) is 32.9 Å². The number of aliphatic hydroxyl groups is 4. The van der Waals surface area contributed by atoms with Crippen LogP contribution in [0.1, 0.15) is 84.2 Å². The number of carbonyl (C=O) groups is 1. The Hall–Kier alpha value is -4.39. The molecular weight excluding hydrogens is 622 g/mol. The topological polar surface area (TPSA) is 177 Å². The zero-order chi connectivity index (χ0) is 35.3. The number of aliphatic hydroxyl groups excluding tert-OH is 4. The predicted octanol–water partition coefficient (Wildman–Crippen LogP) is 4.63. The molecule has 1 amide bonds. The van der Waals surface area contributed by atoms with E-state index in [9.17, 15) is 25.2 Å². The summed E-state index contributed by atoms with van der Waals surface area (Å²) in [6.45, 7) is 15.9. The third-order valence-electron chi connectivity index (χ3n) is 10.1. The summed E-state index contributed by atoms with van der Waals surface area (Å²) in [6, 6.07) is 5.00. The first-order valence-electron chi connectivity index (χ1n) is 16.7. The molecule has 3 aliphatic rings. The highest BCUT2D eigenvalue weighted by molar-refractivity contribution is 5.96. The summed E-state index contributed by atoms with van der Waals surface area (Å²) in [7, 11) is 0. The fraction of sp³-hybridized carbons (Fsp3) is 0.395. The molecule has 6 rings (SSSR count). The molecule has 3 aromatic rings. The highest BCUT2D eigenvalue weighted by Gasteiger charge is 2.44. The number of H-pyrrole nitrogens is 2. The Morgan fingerprint density at radius 3 is 2.33 bits per heavy atom. The molecule has 0 aliphatic carbocycles. The van der Waals surface area contributed by atoms with Crippen molar-refractivity contribution in [3.63, 3.8) is 0 Å². The maximum absolute atomic E-state index is 13.2. The first-order chi connectivity index (χ1) is 23.4. The van der Waals surface area contributed by atoms with E-state index in [4.69, 9.17) is 14.7 Å². The molecule has 3 aliphatic heterocycles. The monoisotopic (exact) mass is 667 g/mol. The van der Waals surface area contributed by atoms with Gasteiger partial charge in [0.2, 0.25) is 5.91 Å². The number of hydrogen-bond donors (Lipinski definition) is 7. The summed E-state index contributed by atoms with van der Waals surface area (Å²) in [5.41, 5.74) is 15.2. The molecule has 7 N–H and O–H groups in total. The molecule has 3 aromatic heterocycles. The molecule has 49 heavy (non-hydrogen) atoms. The van der Waals surface area contributed by atoms with Crippen molar-refractivity contribution in [2.24, 2.45) is 0 Å². The van der Waals surface area contributed by atoms with Crippen LogP contribution in [0.2, 0.25) is 0 Å². The Bertz CT molecular complexity index is 2070. The molecule has 1 saturated heterocycles. The number of nitrogens with one attached hydrogen (secondary N) is 3. The van der Waals surface area contributed by atoms with E-state index in [0.29, 0.717) is 6.42 Å². The number of allylic oxidation sites excluding steroid dienone is 3. The van der Waals surface area contributed by atoms with Gasteiger partial charge in [0, 0.05) is 39.6 Å². The first-order valence-corrected chi connectivity index (χ1v) is 16.7. The second kappa shape index (κ2) is 13.5. The number of rotatable bonds is 7. The fourth-order valence-corrected chi connectivity index (χ4v) is 7.09. The number of fused-ring (bicyclic) bond motifs is 8. The largest absolute Gasteiger partial charge is 0.394 e. The number of aryl methyl sites for hydroxylation is 3. The smallest absolute Gasteiger partial charge is 0.220 e. The predicted molar refractivity (Wildman–Crippen MR) is 192 cm³/mol. The number of carbonyl (C=O) groups excluding carboxylic acids is 1. The maximum atomic E-state index is 13.2. The van der Waals surface area contributed by atoms with Crippen LogP contribution in [0.3, 0.4) is 0 Å². The number of hydrogen-bond acceptors (Lipinski definition) is 8. The van der Waals surface area contributed by atoms with Crippen molar-refractivity contribution in [3.8, 4) is 0 Å². The molecule has 0 spiro atoms. The van der Waals surface area contributed by atoms with Crippen molar-refractivity contribution in [1.29, 1.82) is 0 Å². The van der Waals surface area contributed by atoms with E-state index >= 15 is 0 Å². The van der Waals surface area contributed by atoms with Gasteiger partial charge in [-0.2, -0.15) is 0 Å². The van der Waals surface area contributed by atoms with E-state index in [-0.39, 0.29) is 6.42 Å². The second-order valence-corrected chi connectivity index (χ2v) is 13.1.